The van der Waals surface area contributed by atoms with E-state index in [9.17, 15) is 22.4 Å². The van der Waals surface area contributed by atoms with E-state index in [0.717, 1.165) is 6.07 Å². The minimum absolute atomic E-state index is 0.120. The van der Waals surface area contributed by atoms with Crippen molar-refractivity contribution in [2.75, 3.05) is 6.61 Å². The van der Waals surface area contributed by atoms with Crippen LogP contribution in [-0.2, 0) is 9.53 Å². The summed E-state index contributed by atoms with van der Waals surface area (Å²) in [5.74, 6) is -8.06. The van der Waals surface area contributed by atoms with E-state index in [-0.39, 0.29) is 58.9 Å². The Morgan fingerprint density at radius 1 is 0.651 bits per heavy atom. The van der Waals surface area contributed by atoms with Crippen molar-refractivity contribution in [3.8, 4) is 16.9 Å². The molecule has 2 fully saturated rings. The van der Waals surface area contributed by atoms with Crippen LogP contribution in [0.4, 0.5) is 26.3 Å². The van der Waals surface area contributed by atoms with Crippen molar-refractivity contribution >= 4 is 5.97 Å². The Labute approximate surface area is 247 Å². The van der Waals surface area contributed by atoms with Crippen LogP contribution in [-0.4, -0.2) is 18.7 Å². The highest BCUT2D eigenvalue weighted by Crippen LogP contribution is 2.41. The summed E-state index contributed by atoms with van der Waals surface area (Å²) in [4.78, 5) is 12.9. The summed E-state index contributed by atoms with van der Waals surface area (Å²) >= 11 is 0. The lowest BCUT2D eigenvalue weighted by Crippen LogP contribution is -2.30. The number of halogens is 6. The topological polar surface area (TPSA) is 35.5 Å². The first kappa shape index (κ1) is 31.0. The smallest absolute Gasteiger partial charge is 0.309 e. The summed E-state index contributed by atoms with van der Waals surface area (Å²) < 4.78 is 98.5. The Morgan fingerprint density at radius 2 is 1.16 bits per heavy atom. The summed E-state index contributed by atoms with van der Waals surface area (Å²) in [5, 5.41) is 0. The van der Waals surface area contributed by atoms with Crippen LogP contribution in [0.15, 0.2) is 36.4 Å². The molecule has 0 bridgehead atoms. The van der Waals surface area contributed by atoms with Gasteiger partial charge in [-0.3, -0.25) is 4.79 Å². The molecule has 0 aliphatic heterocycles. The Hall–Kier alpha value is -3.49. The van der Waals surface area contributed by atoms with Gasteiger partial charge >= 0.3 is 5.97 Å². The number of hydrogen-bond acceptors (Lipinski definition) is 3. The van der Waals surface area contributed by atoms with Crippen molar-refractivity contribution in [2.24, 2.45) is 5.92 Å². The zero-order chi connectivity index (χ0) is 30.8. The molecule has 2 aliphatic carbocycles. The van der Waals surface area contributed by atoms with E-state index in [2.05, 4.69) is 0 Å². The van der Waals surface area contributed by atoms with E-state index in [1.807, 2.05) is 0 Å². The molecule has 3 aromatic rings. The van der Waals surface area contributed by atoms with Crippen molar-refractivity contribution < 1.29 is 40.6 Å². The molecule has 43 heavy (non-hydrogen) atoms. The van der Waals surface area contributed by atoms with Crippen LogP contribution in [0.1, 0.15) is 86.8 Å². The van der Waals surface area contributed by atoms with Gasteiger partial charge in [0, 0.05) is 11.1 Å². The second-order valence-corrected chi connectivity index (χ2v) is 11.6. The molecule has 0 unspecified atom stereocenters. The van der Waals surface area contributed by atoms with Gasteiger partial charge in [-0.1, -0.05) is 24.3 Å². The molecular formula is C34H34F6O3. The molecule has 0 heterocycles. The van der Waals surface area contributed by atoms with Gasteiger partial charge in [0.25, 0.3) is 0 Å². The van der Waals surface area contributed by atoms with E-state index in [1.54, 1.807) is 19.1 Å². The first-order chi connectivity index (χ1) is 20.6. The fraction of sp³-hybridized carbons (Fsp3) is 0.441. The van der Waals surface area contributed by atoms with Gasteiger partial charge in [0.2, 0.25) is 5.82 Å². The number of benzene rings is 3. The van der Waals surface area contributed by atoms with Crippen LogP contribution in [0.5, 0.6) is 5.75 Å². The van der Waals surface area contributed by atoms with Gasteiger partial charge in [-0.15, -0.1) is 0 Å². The van der Waals surface area contributed by atoms with Gasteiger partial charge in [0.1, 0.15) is 6.10 Å². The van der Waals surface area contributed by atoms with Gasteiger partial charge in [0.15, 0.2) is 34.8 Å². The van der Waals surface area contributed by atoms with E-state index in [0.29, 0.717) is 56.9 Å². The first-order valence-corrected chi connectivity index (χ1v) is 14.8. The van der Waals surface area contributed by atoms with E-state index >= 15 is 8.78 Å². The van der Waals surface area contributed by atoms with Gasteiger partial charge in [-0.25, -0.2) is 22.0 Å². The van der Waals surface area contributed by atoms with Gasteiger partial charge in [0.05, 0.1) is 12.5 Å². The Kier molecular flexibility index (Phi) is 9.37. The molecule has 5 rings (SSSR count). The molecule has 0 N–H and O–H groups in total. The second-order valence-electron chi connectivity index (χ2n) is 11.6. The number of aryl methyl sites for hydroxylation is 1. The number of carbonyl (C=O) groups excluding carboxylic acids is 1. The van der Waals surface area contributed by atoms with E-state index in [1.165, 1.54) is 25.1 Å². The number of ether oxygens (including phenoxy) is 2. The van der Waals surface area contributed by atoms with Crippen molar-refractivity contribution in [3.63, 3.8) is 0 Å². The maximum Gasteiger partial charge on any atom is 0.309 e. The molecule has 3 nitrogen and oxygen atoms in total. The lowest BCUT2D eigenvalue weighted by molar-refractivity contribution is -0.157. The standard InChI is InChI=1S/C34H34F6O3/c1-3-42-27-17-16-26(32(39)33(27)40)25-15-14-24(30(37)31(25)38)19-5-7-21(8-6-19)34(41)43-22-11-9-20(10-12-22)23-13-4-18(2)28(35)29(23)36/h4,13-17,19-22H,3,5-12H2,1-2H3. The van der Waals surface area contributed by atoms with Crippen LogP contribution >= 0.6 is 0 Å². The molecule has 0 spiro atoms. The number of hydrogen-bond donors (Lipinski definition) is 0. The van der Waals surface area contributed by atoms with Gasteiger partial charge in [-0.05, 0) is 106 Å². The molecule has 0 radical (unpaired) electrons. The average Bonchev–Trinajstić information content (AvgIpc) is 3.01. The van der Waals surface area contributed by atoms with Crippen molar-refractivity contribution in [1.29, 1.82) is 0 Å². The Morgan fingerprint density at radius 3 is 1.77 bits per heavy atom. The van der Waals surface area contributed by atoms with E-state index in [4.69, 9.17) is 9.47 Å². The minimum atomic E-state index is -1.32. The summed E-state index contributed by atoms with van der Waals surface area (Å²) in [6.45, 7) is 3.25. The van der Waals surface area contributed by atoms with Gasteiger partial charge in [-0.2, -0.15) is 4.39 Å². The zero-order valence-corrected chi connectivity index (χ0v) is 24.1. The third-order valence-corrected chi connectivity index (χ3v) is 8.95. The monoisotopic (exact) mass is 604 g/mol. The van der Waals surface area contributed by atoms with Gasteiger partial charge < -0.3 is 9.47 Å². The second kappa shape index (κ2) is 13.0. The highest BCUT2D eigenvalue weighted by atomic mass is 19.2. The molecule has 0 atom stereocenters. The third kappa shape index (κ3) is 6.27. The molecule has 2 saturated carbocycles. The SMILES string of the molecule is CCOc1ccc(-c2ccc(C3CCC(C(=O)OC4CCC(c5ccc(C)c(F)c5F)CC4)CC3)c(F)c2F)c(F)c1F. The summed E-state index contributed by atoms with van der Waals surface area (Å²) in [6.07, 6.45) is 3.72. The third-order valence-electron chi connectivity index (χ3n) is 8.95. The highest BCUT2D eigenvalue weighted by molar-refractivity contribution is 5.73. The predicted molar refractivity (Wildman–Crippen MR) is 150 cm³/mol. The molecular weight excluding hydrogens is 570 g/mol. The molecule has 2 aliphatic rings. The zero-order valence-electron chi connectivity index (χ0n) is 24.1. The van der Waals surface area contributed by atoms with Crippen molar-refractivity contribution in [2.45, 2.75) is 83.2 Å². The fourth-order valence-corrected chi connectivity index (χ4v) is 6.46. The Balaban J connectivity index is 1.16. The molecule has 0 aromatic heterocycles. The molecule has 0 saturated heterocycles. The lowest BCUT2D eigenvalue weighted by Gasteiger charge is -2.32. The molecule has 3 aromatic carbocycles. The fourth-order valence-electron chi connectivity index (χ4n) is 6.46. The summed E-state index contributed by atoms with van der Waals surface area (Å²) in [6, 6.07) is 8.19. The maximum absolute atomic E-state index is 15.2. The average molecular weight is 605 g/mol. The van der Waals surface area contributed by atoms with Crippen LogP contribution in [0, 0.1) is 47.7 Å². The summed E-state index contributed by atoms with van der Waals surface area (Å²) in [5.41, 5.74) is -0.0272. The normalized spacial score (nSPS) is 22.3. The molecule has 9 heteroatoms. The van der Waals surface area contributed by atoms with Crippen molar-refractivity contribution in [1.82, 2.24) is 0 Å². The number of carbonyl (C=O) groups is 1. The lowest BCUT2D eigenvalue weighted by atomic mass is 9.78. The van der Waals surface area contributed by atoms with E-state index < -0.39 is 40.5 Å². The predicted octanol–water partition coefficient (Wildman–Crippen LogP) is 9.44. The minimum Gasteiger partial charge on any atom is -0.491 e. The maximum atomic E-state index is 15.2. The largest absolute Gasteiger partial charge is 0.491 e. The number of esters is 1. The van der Waals surface area contributed by atoms with Crippen LogP contribution in [0.2, 0.25) is 0 Å². The quantitative estimate of drug-likeness (QED) is 0.199. The first-order valence-electron chi connectivity index (χ1n) is 14.8. The molecule has 0 amide bonds. The Bertz CT molecular complexity index is 1490. The van der Waals surface area contributed by atoms with Crippen LogP contribution in [0.25, 0.3) is 11.1 Å². The number of rotatable bonds is 7. The van der Waals surface area contributed by atoms with Crippen LogP contribution < -0.4 is 4.74 Å². The van der Waals surface area contributed by atoms with Crippen molar-refractivity contribution in [3.05, 3.63) is 88.0 Å². The summed E-state index contributed by atoms with van der Waals surface area (Å²) in [7, 11) is 0. The van der Waals surface area contributed by atoms with Crippen LogP contribution in [0.3, 0.4) is 0 Å². The molecule has 230 valence electrons. The highest BCUT2D eigenvalue weighted by Gasteiger charge is 2.34.